The van der Waals surface area contributed by atoms with Gasteiger partial charge in [0.25, 0.3) is 0 Å². The molecule has 20 heavy (non-hydrogen) atoms. The second-order valence-electron chi connectivity index (χ2n) is 4.50. The fraction of sp³-hybridized carbons (Fsp3) is 0.167. The maximum atomic E-state index is 12.4. The second kappa shape index (κ2) is 7.16. The van der Waals surface area contributed by atoms with Crippen LogP contribution in [0.15, 0.2) is 60.7 Å². The molecule has 0 saturated carbocycles. The predicted molar refractivity (Wildman–Crippen MR) is 81.2 cm³/mol. The summed E-state index contributed by atoms with van der Waals surface area (Å²) in [5, 5.41) is 2.90. The summed E-state index contributed by atoms with van der Waals surface area (Å²) in [6.07, 6.45) is 5.76. The van der Waals surface area contributed by atoms with Crippen molar-refractivity contribution in [1.82, 2.24) is 5.32 Å². The Labute approximate surface area is 119 Å². The molecule has 2 rings (SSSR count). The summed E-state index contributed by atoms with van der Waals surface area (Å²) in [6.45, 7) is 0.505. The zero-order chi connectivity index (χ0) is 14.2. The lowest BCUT2D eigenvalue weighted by Crippen LogP contribution is -2.30. The number of hydrogen-bond acceptors (Lipinski definition) is 1. The molecular weight excluding hydrogens is 246 g/mol. The molecular formula is C18H17NO. The fourth-order valence-corrected chi connectivity index (χ4v) is 2.15. The van der Waals surface area contributed by atoms with Crippen molar-refractivity contribution in [2.24, 2.45) is 0 Å². The maximum Gasteiger partial charge on any atom is 0.232 e. The SMILES string of the molecule is C#CCCNC(=O)C(c1ccccc1)c1ccccc1. The van der Waals surface area contributed by atoms with Gasteiger partial charge in [0.15, 0.2) is 0 Å². The molecule has 0 aliphatic carbocycles. The standard InChI is InChI=1S/C18H17NO/c1-2-3-14-19-18(20)17(15-10-6-4-7-11-15)16-12-8-5-9-13-16/h1,4-13,17H,3,14H2,(H,19,20). The van der Waals surface area contributed by atoms with Crippen molar-refractivity contribution in [3.05, 3.63) is 71.8 Å². The van der Waals surface area contributed by atoms with Gasteiger partial charge in [-0.05, 0) is 11.1 Å². The van der Waals surface area contributed by atoms with E-state index in [0.717, 1.165) is 11.1 Å². The largest absolute Gasteiger partial charge is 0.354 e. The van der Waals surface area contributed by atoms with Crippen molar-refractivity contribution in [2.45, 2.75) is 12.3 Å². The van der Waals surface area contributed by atoms with E-state index in [9.17, 15) is 4.79 Å². The van der Waals surface area contributed by atoms with Crippen LogP contribution in [-0.4, -0.2) is 12.5 Å². The molecule has 0 fully saturated rings. The third-order valence-electron chi connectivity index (χ3n) is 3.10. The van der Waals surface area contributed by atoms with Crippen LogP contribution in [0.25, 0.3) is 0 Å². The van der Waals surface area contributed by atoms with Crippen molar-refractivity contribution < 1.29 is 4.79 Å². The Kier molecular flexibility index (Phi) is 4.97. The van der Waals surface area contributed by atoms with Gasteiger partial charge < -0.3 is 5.32 Å². The van der Waals surface area contributed by atoms with Crippen LogP contribution in [0.1, 0.15) is 23.5 Å². The minimum Gasteiger partial charge on any atom is -0.354 e. The second-order valence-corrected chi connectivity index (χ2v) is 4.50. The van der Waals surface area contributed by atoms with Crippen molar-refractivity contribution in [3.8, 4) is 12.3 Å². The molecule has 0 saturated heterocycles. The molecule has 0 radical (unpaired) electrons. The van der Waals surface area contributed by atoms with Gasteiger partial charge in [-0.25, -0.2) is 0 Å². The summed E-state index contributed by atoms with van der Waals surface area (Å²) < 4.78 is 0. The van der Waals surface area contributed by atoms with Crippen LogP contribution in [0.2, 0.25) is 0 Å². The molecule has 0 atom stereocenters. The number of hydrogen-bond donors (Lipinski definition) is 1. The van der Waals surface area contributed by atoms with Gasteiger partial charge in [0.05, 0.1) is 5.92 Å². The first-order chi connectivity index (χ1) is 9.83. The van der Waals surface area contributed by atoms with Crippen molar-refractivity contribution in [2.75, 3.05) is 6.54 Å². The highest BCUT2D eigenvalue weighted by molar-refractivity contribution is 5.87. The molecule has 1 amide bonds. The smallest absolute Gasteiger partial charge is 0.232 e. The predicted octanol–water partition coefficient (Wildman–Crippen LogP) is 2.96. The molecule has 0 aliphatic rings. The van der Waals surface area contributed by atoms with E-state index in [1.54, 1.807) is 0 Å². The molecule has 0 aromatic heterocycles. The van der Waals surface area contributed by atoms with Gasteiger partial charge in [-0.2, -0.15) is 0 Å². The lowest BCUT2D eigenvalue weighted by Gasteiger charge is -2.17. The number of amides is 1. The van der Waals surface area contributed by atoms with E-state index in [4.69, 9.17) is 6.42 Å². The molecule has 0 aliphatic heterocycles. The number of carbonyl (C=O) groups excluding carboxylic acids is 1. The molecule has 2 aromatic carbocycles. The lowest BCUT2D eigenvalue weighted by atomic mass is 9.90. The van der Waals surface area contributed by atoms with Crippen LogP contribution in [-0.2, 0) is 4.79 Å². The van der Waals surface area contributed by atoms with Gasteiger partial charge in [-0.3, -0.25) is 4.79 Å². The van der Waals surface area contributed by atoms with E-state index in [0.29, 0.717) is 13.0 Å². The minimum absolute atomic E-state index is 0.0161. The third kappa shape index (κ3) is 3.49. The molecule has 0 bridgehead atoms. The van der Waals surface area contributed by atoms with Gasteiger partial charge >= 0.3 is 0 Å². The van der Waals surface area contributed by atoms with Crippen LogP contribution < -0.4 is 5.32 Å². The van der Waals surface area contributed by atoms with E-state index in [-0.39, 0.29) is 11.8 Å². The Morgan fingerprint density at radius 3 is 1.95 bits per heavy atom. The number of benzene rings is 2. The van der Waals surface area contributed by atoms with Gasteiger partial charge in [0.1, 0.15) is 0 Å². The highest BCUT2D eigenvalue weighted by Crippen LogP contribution is 2.24. The highest BCUT2D eigenvalue weighted by atomic mass is 16.1. The Balaban J connectivity index is 2.26. The van der Waals surface area contributed by atoms with Gasteiger partial charge in [0.2, 0.25) is 5.91 Å². The monoisotopic (exact) mass is 263 g/mol. The van der Waals surface area contributed by atoms with Crippen molar-refractivity contribution in [3.63, 3.8) is 0 Å². The van der Waals surface area contributed by atoms with Crippen molar-refractivity contribution in [1.29, 1.82) is 0 Å². The molecule has 0 heterocycles. The lowest BCUT2D eigenvalue weighted by molar-refractivity contribution is -0.121. The normalized spacial score (nSPS) is 10.0. The number of carbonyl (C=O) groups is 1. The Bertz CT molecular complexity index is 544. The third-order valence-corrected chi connectivity index (χ3v) is 3.10. The topological polar surface area (TPSA) is 29.1 Å². The first kappa shape index (κ1) is 13.9. The zero-order valence-electron chi connectivity index (χ0n) is 11.3. The van der Waals surface area contributed by atoms with E-state index in [1.165, 1.54) is 0 Å². The van der Waals surface area contributed by atoms with E-state index in [2.05, 4.69) is 11.2 Å². The summed E-state index contributed by atoms with van der Waals surface area (Å²) in [5.74, 6) is 2.21. The van der Waals surface area contributed by atoms with Crippen LogP contribution in [0.4, 0.5) is 0 Å². The van der Waals surface area contributed by atoms with Crippen LogP contribution >= 0.6 is 0 Å². The Hall–Kier alpha value is -2.53. The first-order valence-corrected chi connectivity index (χ1v) is 6.64. The average molecular weight is 263 g/mol. The van der Waals surface area contributed by atoms with Crippen LogP contribution in [0.5, 0.6) is 0 Å². The first-order valence-electron chi connectivity index (χ1n) is 6.64. The molecule has 0 unspecified atom stereocenters. The highest BCUT2D eigenvalue weighted by Gasteiger charge is 2.21. The maximum absolute atomic E-state index is 12.4. The molecule has 2 nitrogen and oxygen atoms in total. The van der Waals surface area contributed by atoms with Gasteiger partial charge in [-0.15, -0.1) is 12.3 Å². The Morgan fingerprint density at radius 1 is 1.00 bits per heavy atom. The summed E-state index contributed by atoms with van der Waals surface area (Å²) in [7, 11) is 0. The minimum atomic E-state index is -0.296. The molecule has 2 heteroatoms. The average Bonchev–Trinajstić information content (AvgIpc) is 2.50. The molecule has 0 spiro atoms. The number of rotatable bonds is 5. The molecule has 100 valence electrons. The van der Waals surface area contributed by atoms with Crippen LogP contribution in [0, 0.1) is 12.3 Å². The summed E-state index contributed by atoms with van der Waals surface area (Å²) in [4.78, 5) is 12.4. The van der Waals surface area contributed by atoms with Gasteiger partial charge in [-0.1, -0.05) is 60.7 Å². The summed E-state index contributed by atoms with van der Waals surface area (Å²) in [5.41, 5.74) is 1.97. The molecule has 1 N–H and O–H groups in total. The Morgan fingerprint density at radius 2 is 1.50 bits per heavy atom. The molecule has 2 aromatic rings. The van der Waals surface area contributed by atoms with Crippen molar-refractivity contribution >= 4 is 5.91 Å². The van der Waals surface area contributed by atoms with E-state index < -0.39 is 0 Å². The van der Waals surface area contributed by atoms with E-state index in [1.807, 2.05) is 60.7 Å². The fourth-order valence-electron chi connectivity index (χ4n) is 2.15. The quantitative estimate of drug-likeness (QED) is 0.652. The number of nitrogens with one attached hydrogen (secondary N) is 1. The van der Waals surface area contributed by atoms with Gasteiger partial charge in [0, 0.05) is 13.0 Å². The summed E-state index contributed by atoms with van der Waals surface area (Å²) in [6, 6.07) is 19.6. The van der Waals surface area contributed by atoms with Crippen LogP contribution in [0.3, 0.4) is 0 Å². The van der Waals surface area contributed by atoms with E-state index >= 15 is 0 Å². The zero-order valence-corrected chi connectivity index (χ0v) is 11.3. The summed E-state index contributed by atoms with van der Waals surface area (Å²) >= 11 is 0. The number of terminal acetylenes is 1.